The van der Waals surface area contributed by atoms with Crippen LogP contribution in [0.15, 0.2) is 6.20 Å². The molecule has 1 atom stereocenters. The molecule has 0 radical (unpaired) electrons. The van der Waals surface area contributed by atoms with Gasteiger partial charge < -0.3 is 19.9 Å². The Morgan fingerprint density at radius 3 is 2.46 bits per heavy atom. The zero-order valence-electron chi connectivity index (χ0n) is 14.2. The van der Waals surface area contributed by atoms with Crippen molar-refractivity contribution in [1.82, 2.24) is 15.3 Å². The lowest BCUT2D eigenvalue weighted by molar-refractivity contribution is -0.144. The summed E-state index contributed by atoms with van der Waals surface area (Å²) in [6, 6.07) is 0. The van der Waals surface area contributed by atoms with Gasteiger partial charge in [-0.3, -0.25) is 9.59 Å². The third-order valence-corrected chi connectivity index (χ3v) is 2.76. The highest BCUT2D eigenvalue weighted by Gasteiger charge is 2.23. The molecule has 0 bridgehead atoms. The predicted octanol–water partition coefficient (Wildman–Crippen LogP) is 0.676. The first-order valence-electron chi connectivity index (χ1n) is 7.20. The van der Waals surface area contributed by atoms with Crippen LogP contribution in [0.1, 0.15) is 48.7 Å². The van der Waals surface area contributed by atoms with E-state index in [9.17, 15) is 19.5 Å². The summed E-state index contributed by atoms with van der Waals surface area (Å²) in [5, 5.41) is 12.2. The van der Waals surface area contributed by atoms with Crippen LogP contribution in [0.4, 0.5) is 0 Å². The number of hydrogen-bond donors (Lipinski definition) is 2. The van der Waals surface area contributed by atoms with Gasteiger partial charge in [-0.15, -0.1) is 0 Å². The molecule has 1 unspecified atom stereocenters. The Labute approximate surface area is 139 Å². The minimum absolute atomic E-state index is 0.0173. The first-order valence-corrected chi connectivity index (χ1v) is 7.20. The minimum atomic E-state index is -0.800. The summed E-state index contributed by atoms with van der Waals surface area (Å²) in [6.45, 7) is 6.62. The van der Waals surface area contributed by atoms with Gasteiger partial charge in [0.15, 0.2) is 0 Å². The lowest BCUT2D eigenvalue weighted by Gasteiger charge is -2.19. The maximum Gasteiger partial charge on any atom is 0.345 e. The standard InChI is InChI=1S/C15H21N3O6/c1-8(13(21)23-5)6-17-12(20)10-16-7-9(11(19)18-10)14(22)24-15(2,3)4/h7-8H,6H2,1-5H3,(H,17,20)(H,16,18,19). The molecule has 1 rings (SSSR count). The molecule has 9 heteroatoms. The molecule has 1 amide bonds. The van der Waals surface area contributed by atoms with Crippen LogP contribution in [-0.4, -0.2) is 52.2 Å². The van der Waals surface area contributed by atoms with Crippen molar-refractivity contribution < 1.29 is 29.0 Å². The molecular weight excluding hydrogens is 318 g/mol. The number of nitrogens with zero attached hydrogens (tertiary/aromatic N) is 2. The van der Waals surface area contributed by atoms with E-state index in [1.54, 1.807) is 27.7 Å². The fraction of sp³-hybridized carbons (Fsp3) is 0.533. The van der Waals surface area contributed by atoms with Gasteiger partial charge in [-0.05, 0) is 20.8 Å². The molecule has 2 N–H and O–H groups in total. The van der Waals surface area contributed by atoms with Crippen molar-refractivity contribution in [2.75, 3.05) is 13.7 Å². The maximum atomic E-state index is 11.9. The highest BCUT2D eigenvalue weighted by Crippen LogP contribution is 2.17. The number of methoxy groups -OCH3 is 1. The van der Waals surface area contributed by atoms with Crippen molar-refractivity contribution in [1.29, 1.82) is 0 Å². The van der Waals surface area contributed by atoms with E-state index in [1.807, 2.05) is 0 Å². The number of aromatic nitrogens is 2. The normalized spacial score (nSPS) is 12.2. The molecule has 9 nitrogen and oxygen atoms in total. The largest absolute Gasteiger partial charge is 0.493 e. The number of nitrogens with one attached hydrogen (secondary N) is 1. The number of ether oxygens (including phenoxy) is 2. The summed E-state index contributed by atoms with van der Waals surface area (Å²) in [5.41, 5.74) is -0.992. The van der Waals surface area contributed by atoms with Crippen LogP contribution in [0.25, 0.3) is 0 Å². The Kier molecular flexibility index (Phi) is 6.21. The average Bonchev–Trinajstić information content (AvgIpc) is 2.49. The van der Waals surface area contributed by atoms with E-state index in [1.165, 1.54) is 7.11 Å². The fourth-order valence-corrected chi connectivity index (χ4v) is 1.57. The van der Waals surface area contributed by atoms with E-state index >= 15 is 0 Å². The molecule has 0 aliphatic heterocycles. The van der Waals surface area contributed by atoms with Gasteiger partial charge in [0.25, 0.3) is 5.91 Å². The second-order valence-electron chi connectivity index (χ2n) is 6.07. The van der Waals surface area contributed by atoms with Crippen LogP contribution >= 0.6 is 0 Å². The Bertz CT molecular complexity index is 639. The molecule has 0 saturated carbocycles. The number of amides is 1. The Morgan fingerprint density at radius 2 is 1.96 bits per heavy atom. The van der Waals surface area contributed by atoms with Crippen molar-refractivity contribution in [3.05, 3.63) is 17.6 Å². The minimum Gasteiger partial charge on any atom is -0.493 e. The predicted molar refractivity (Wildman–Crippen MR) is 82.4 cm³/mol. The van der Waals surface area contributed by atoms with Crippen LogP contribution in [0.3, 0.4) is 0 Å². The molecule has 0 aliphatic carbocycles. The molecule has 132 valence electrons. The highest BCUT2D eigenvalue weighted by atomic mass is 16.6. The van der Waals surface area contributed by atoms with Gasteiger partial charge in [0.05, 0.1) is 13.0 Å². The van der Waals surface area contributed by atoms with Crippen molar-refractivity contribution in [3.63, 3.8) is 0 Å². The molecule has 1 aromatic heterocycles. The second-order valence-corrected chi connectivity index (χ2v) is 6.07. The van der Waals surface area contributed by atoms with E-state index in [2.05, 4.69) is 20.0 Å². The average molecular weight is 339 g/mol. The molecule has 0 spiro atoms. The van der Waals surface area contributed by atoms with Gasteiger partial charge in [0.1, 0.15) is 11.2 Å². The van der Waals surface area contributed by atoms with E-state index in [0.717, 1.165) is 6.20 Å². The van der Waals surface area contributed by atoms with E-state index < -0.39 is 35.2 Å². The molecule has 0 aliphatic rings. The zero-order chi connectivity index (χ0) is 18.5. The lowest BCUT2D eigenvalue weighted by atomic mass is 10.2. The lowest BCUT2D eigenvalue weighted by Crippen LogP contribution is -2.33. The molecule has 0 aromatic carbocycles. The Balaban J connectivity index is 2.78. The fourth-order valence-electron chi connectivity index (χ4n) is 1.57. The summed E-state index contributed by atoms with van der Waals surface area (Å²) in [7, 11) is 1.25. The summed E-state index contributed by atoms with van der Waals surface area (Å²) < 4.78 is 9.63. The van der Waals surface area contributed by atoms with Crippen LogP contribution in [0.5, 0.6) is 5.88 Å². The number of rotatable bonds is 5. The molecule has 1 aromatic rings. The Morgan fingerprint density at radius 1 is 1.33 bits per heavy atom. The zero-order valence-corrected chi connectivity index (χ0v) is 14.2. The topological polar surface area (TPSA) is 128 Å². The highest BCUT2D eigenvalue weighted by molar-refractivity contribution is 5.94. The molecule has 1 heterocycles. The number of carbonyl (C=O) groups is 3. The van der Waals surface area contributed by atoms with Crippen LogP contribution in [0.2, 0.25) is 0 Å². The number of hydrogen-bond acceptors (Lipinski definition) is 8. The monoisotopic (exact) mass is 339 g/mol. The van der Waals surface area contributed by atoms with Crippen molar-refractivity contribution in [2.24, 2.45) is 5.92 Å². The van der Waals surface area contributed by atoms with E-state index in [-0.39, 0.29) is 17.9 Å². The van der Waals surface area contributed by atoms with Gasteiger partial charge >= 0.3 is 11.9 Å². The van der Waals surface area contributed by atoms with Crippen molar-refractivity contribution in [2.45, 2.75) is 33.3 Å². The third kappa shape index (κ3) is 5.49. The summed E-state index contributed by atoms with van der Waals surface area (Å²) in [5.74, 6) is -3.52. The van der Waals surface area contributed by atoms with E-state index in [0.29, 0.717) is 0 Å². The SMILES string of the molecule is COC(=O)C(C)CNC(=O)c1ncc(C(=O)OC(C)(C)C)c(O)n1. The van der Waals surface area contributed by atoms with Crippen molar-refractivity contribution in [3.8, 4) is 5.88 Å². The smallest absolute Gasteiger partial charge is 0.345 e. The molecule has 0 saturated heterocycles. The molecule has 0 fully saturated rings. The molecule has 24 heavy (non-hydrogen) atoms. The first kappa shape index (κ1) is 19.3. The van der Waals surface area contributed by atoms with Gasteiger partial charge in [-0.2, -0.15) is 4.98 Å². The van der Waals surface area contributed by atoms with E-state index in [4.69, 9.17) is 4.74 Å². The van der Waals surface area contributed by atoms with Gasteiger partial charge in [-0.25, -0.2) is 9.78 Å². The Hall–Kier alpha value is -2.71. The first-order chi connectivity index (χ1) is 11.0. The summed E-state index contributed by atoms with van der Waals surface area (Å²) in [4.78, 5) is 42.3. The maximum absolute atomic E-state index is 11.9. The third-order valence-electron chi connectivity index (χ3n) is 2.76. The van der Waals surface area contributed by atoms with Gasteiger partial charge in [0.2, 0.25) is 11.7 Å². The summed E-state index contributed by atoms with van der Waals surface area (Å²) in [6.07, 6.45) is 1.01. The van der Waals surface area contributed by atoms with Gasteiger partial charge in [-0.1, -0.05) is 6.92 Å². The quantitative estimate of drug-likeness (QED) is 0.749. The van der Waals surface area contributed by atoms with Crippen LogP contribution in [0, 0.1) is 5.92 Å². The summed E-state index contributed by atoms with van der Waals surface area (Å²) >= 11 is 0. The van der Waals surface area contributed by atoms with Crippen LogP contribution in [-0.2, 0) is 14.3 Å². The number of aromatic hydroxyl groups is 1. The van der Waals surface area contributed by atoms with Gasteiger partial charge in [0, 0.05) is 12.7 Å². The second kappa shape index (κ2) is 7.71. The van der Waals surface area contributed by atoms with Crippen LogP contribution < -0.4 is 5.32 Å². The number of esters is 2. The van der Waals surface area contributed by atoms with Crippen molar-refractivity contribution >= 4 is 17.8 Å². The number of carbonyl (C=O) groups excluding carboxylic acids is 3. The molecular formula is C15H21N3O6.